The lowest BCUT2D eigenvalue weighted by Crippen LogP contribution is -2.27. The van der Waals surface area contributed by atoms with Crippen molar-refractivity contribution in [1.82, 2.24) is 10.2 Å². The van der Waals surface area contributed by atoms with Gasteiger partial charge in [-0.25, -0.2) is 0 Å². The molecule has 0 radical (unpaired) electrons. The molecule has 1 aromatic heterocycles. The smallest absolute Gasteiger partial charge is 0.229 e. The monoisotopic (exact) mass is 344 g/mol. The number of hydrogen-bond acceptors (Lipinski definition) is 6. The highest BCUT2D eigenvalue weighted by Gasteiger charge is 2.12. The number of benzene rings is 1. The first kappa shape index (κ1) is 18.5. The fraction of sp³-hybridized carbons (Fsp3) is 0.389. The number of methoxy groups -OCH3 is 2. The van der Waals surface area contributed by atoms with Crippen molar-refractivity contribution < 1.29 is 14.3 Å². The maximum atomic E-state index is 12.2. The van der Waals surface area contributed by atoms with Gasteiger partial charge in [0.1, 0.15) is 5.82 Å². The topological polar surface area (TPSA) is 85.4 Å². The Bertz CT molecular complexity index is 724. The van der Waals surface area contributed by atoms with Gasteiger partial charge in [0.15, 0.2) is 17.3 Å². The zero-order valence-corrected chi connectivity index (χ0v) is 15.2. The van der Waals surface area contributed by atoms with E-state index in [0.29, 0.717) is 23.1 Å². The van der Waals surface area contributed by atoms with Gasteiger partial charge in [-0.3, -0.25) is 4.79 Å². The summed E-state index contributed by atoms with van der Waals surface area (Å²) in [5.74, 6) is 2.10. The van der Waals surface area contributed by atoms with Gasteiger partial charge in [0.25, 0.3) is 0 Å². The van der Waals surface area contributed by atoms with E-state index in [4.69, 9.17) is 9.47 Å². The van der Waals surface area contributed by atoms with E-state index < -0.39 is 0 Å². The summed E-state index contributed by atoms with van der Waals surface area (Å²) in [6.07, 6.45) is 0.198. The molecule has 0 fully saturated rings. The number of aromatic nitrogens is 2. The Morgan fingerprint density at radius 3 is 2.20 bits per heavy atom. The molecular weight excluding hydrogens is 320 g/mol. The van der Waals surface area contributed by atoms with E-state index in [-0.39, 0.29) is 17.9 Å². The number of carbonyl (C=O) groups excluding carboxylic acids is 1. The van der Waals surface area contributed by atoms with Crippen molar-refractivity contribution in [3.63, 3.8) is 0 Å². The van der Waals surface area contributed by atoms with E-state index in [1.54, 1.807) is 38.5 Å². The largest absolute Gasteiger partial charge is 0.493 e. The molecule has 1 aromatic carbocycles. The summed E-state index contributed by atoms with van der Waals surface area (Å²) in [7, 11) is 3.13. The van der Waals surface area contributed by atoms with E-state index >= 15 is 0 Å². The molecule has 0 saturated heterocycles. The number of carbonyl (C=O) groups is 1. The molecule has 25 heavy (non-hydrogen) atoms. The van der Waals surface area contributed by atoms with Crippen molar-refractivity contribution in [2.24, 2.45) is 0 Å². The molecule has 0 aliphatic carbocycles. The lowest BCUT2D eigenvalue weighted by Gasteiger charge is -2.20. The molecule has 0 unspecified atom stereocenters. The summed E-state index contributed by atoms with van der Waals surface area (Å²) in [4.78, 5) is 12.2. The molecule has 0 saturated carbocycles. The number of anilines is 2. The molecule has 0 atom stereocenters. The van der Waals surface area contributed by atoms with Crippen LogP contribution >= 0.6 is 0 Å². The van der Waals surface area contributed by atoms with Crippen LogP contribution in [0.4, 0.5) is 11.6 Å². The summed E-state index contributed by atoms with van der Waals surface area (Å²) in [6, 6.07) is 8.87. The molecule has 0 aliphatic rings. The molecule has 134 valence electrons. The minimum atomic E-state index is -0.182. The SMILES string of the molecule is COc1ccc(CC(=O)Nc2ccc(NC(C)(C)C)nn2)cc1OC. The highest BCUT2D eigenvalue weighted by molar-refractivity contribution is 5.91. The minimum Gasteiger partial charge on any atom is -0.493 e. The predicted octanol–water partition coefficient (Wildman–Crippen LogP) is 2.89. The summed E-state index contributed by atoms with van der Waals surface area (Å²) >= 11 is 0. The molecule has 0 aliphatic heterocycles. The minimum absolute atomic E-state index is 0.104. The van der Waals surface area contributed by atoms with Crippen molar-refractivity contribution in [2.45, 2.75) is 32.7 Å². The van der Waals surface area contributed by atoms with Crippen molar-refractivity contribution >= 4 is 17.5 Å². The molecule has 2 rings (SSSR count). The zero-order chi connectivity index (χ0) is 18.4. The molecule has 2 N–H and O–H groups in total. The van der Waals surface area contributed by atoms with Gasteiger partial charge in [0, 0.05) is 5.54 Å². The standard InChI is InChI=1S/C18H24N4O3/c1-18(2,3)20-16-9-8-15(21-22-16)19-17(23)11-12-6-7-13(24-4)14(10-12)25-5/h6-10H,11H2,1-5H3,(H,20,22)(H,19,21,23). The number of rotatable bonds is 6. The van der Waals surface area contributed by atoms with Crippen molar-refractivity contribution in [3.8, 4) is 11.5 Å². The van der Waals surface area contributed by atoms with Gasteiger partial charge in [-0.1, -0.05) is 6.07 Å². The summed E-state index contributed by atoms with van der Waals surface area (Å²) in [6.45, 7) is 6.11. The molecule has 1 amide bonds. The first-order valence-corrected chi connectivity index (χ1v) is 7.93. The Morgan fingerprint density at radius 2 is 1.64 bits per heavy atom. The molecule has 7 nitrogen and oxygen atoms in total. The molecule has 7 heteroatoms. The van der Waals surface area contributed by atoms with E-state index in [0.717, 1.165) is 5.56 Å². The van der Waals surface area contributed by atoms with Crippen LogP contribution in [0.15, 0.2) is 30.3 Å². The van der Waals surface area contributed by atoms with Crippen molar-refractivity contribution in [2.75, 3.05) is 24.9 Å². The Morgan fingerprint density at radius 1 is 1.00 bits per heavy atom. The highest BCUT2D eigenvalue weighted by Crippen LogP contribution is 2.27. The van der Waals surface area contributed by atoms with Gasteiger partial charge in [-0.15, -0.1) is 10.2 Å². The Balaban J connectivity index is 1.98. The average molecular weight is 344 g/mol. The third-order valence-corrected chi connectivity index (χ3v) is 3.25. The van der Waals surface area contributed by atoms with Gasteiger partial charge in [-0.05, 0) is 50.6 Å². The van der Waals surface area contributed by atoms with Gasteiger partial charge >= 0.3 is 0 Å². The van der Waals surface area contributed by atoms with Crippen LogP contribution in [0, 0.1) is 0 Å². The van der Waals surface area contributed by atoms with Gasteiger partial charge in [0.2, 0.25) is 5.91 Å². The molecule has 2 aromatic rings. The van der Waals surface area contributed by atoms with Crippen LogP contribution < -0.4 is 20.1 Å². The summed E-state index contributed by atoms with van der Waals surface area (Å²) < 4.78 is 10.4. The second-order valence-electron chi connectivity index (χ2n) is 6.59. The first-order valence-electron chi connectivity index (χ1n) is 7.93. The molecular formula is C18H24N4O3. The van der Waals surface area contributed by atoms with Crippen LogP contribution in [-0.2, 0) is 11.2 Å². The van der Waals surface area contributed by atoms with E-state index in [1.807, 2.05) is 26.8 Å². The average Bonchev–Trinajstić information content (AvgIpc) is 2.55. The number of ether oxygens (including phenoxy) is 2. The molecule has 0 bridgehead atoms. The van der Waals surface area contributed by atoms with Crippen LogP contribution in [0.5, 0.6) is 11.5 Å². The van der Waals surface area contributed by atoms with Gasteiger partial charge in [-0.2, -0.15) is 0 Å². The van der Waals surface area contributed by atoms with Crippen LogP contribution in [0.25, 0.3) is 0 Å². The summed E-state index contributed by atoms with van der Waals surface area (Å²) in [5.41, 5.74) is 0.710. The molecule has 0 spiro atoms. The Labute approximate surface area is 147 Å². The second kappa shape index (κ2) is 7.83. The maximum absolute atomic E-state index is 12.2. The quantitative estimate of drug-likeness (QED) is 0.838. The summed E-state index contributed by atoms with van der Waals surface area (Å²) in [5, 5.41) is 14.0. The van der Waals surface area contributed by atoms with Gasteiger partial charge in [0.05, 0.1) is 20.6 Å². The number of nitrogens with one attached hydrogen (secondary N) is 2. The van der Waals surface area contributed by atoms with Crippen LogP contribution in [0.3, 0.4) is 0 Å². The van der Waals surface area contributed by atoms with E-state index in [9.17, 15) is 4.79 Å². The number of amides is 1. The molecule has 1 heterocycles. The number of nitrogens with zero attached hydrogens (tertiary/aromatic N) is 2. The third-order valence-electron chi connectivity index (χ3n) is 3.25. The normalized spacial score (nSPS) is 10.9. The lowest BCUT2D eigenvalue weighted by atomic mass is 10.1. The van der Waals surface area contributed by atoms with Crippen LogP contribution in [0.2, 0.25) is 0 Å². The highest BCUT2D eigenvalue weighted by atomic mass is 16.5. The fourth-order valence-corrected chi connectivity index (χ4v) is 2.21. The zero-order valence-electron chi connectivity index (χ0n) is 15.2. The van der Waals surface area contributed by atoms with Crippen LogP contribution in [-0.4, -0.2) is 35.9 Å². The Kier molecular flexibility index (Phi) is 5.80. The van der Waals surface area contributed by atoms with Crippen molar-refractivity contribution in [3.05, 3.63) is 35.9 Å². The maximum Gasteiger partial charge on any atom is 0.229 e. The third kappa shape index (κ3) is 5.63. The Hall–Kier alpha value is -2.83. The van der Waals surface area contributed by atoms with Gasteiger partial charge < -0.3 is 20.1 Å². The van der Waals surface area contributed by atoms with Crippen LogP contribution in [0.1, 0.15) is 26.3 Å². The van der Waals surface area contributed by atoms with E-state index in [1.165, 1.54) is 0 Å². The van der Waals surface area contributed by atoms with E-state index in [2.05, 4.69) is 20.8 Å². The first-order chi connectivity index (χ1) is 11.8. The fourth-order valence-electron chi connectivity index (χ4n) is 2.21. The predicted molar refractivity (Wildman–Crippen MR) is 97.3 cm³/mol. The van der Waals surface area contributed by atoms with Crippen molar-refractivity contribution in [1.29, 1.82) is 0 Å². The number of hydrogen-bond donors (Lipinski definition) is 2. The second-order valence-corrected chi connectivity index (χ2v) is 6.59. The lowest BCUT2D eigenvalue weighted by molar-refractivity contribution is -0.115.